The minimum absolute atomic E-state index is 0.00242. The lowest BCUT2D eigenvalue weighted by Gasteiger charge is -2.23. The third-order valence-electron chi connectivity index (χ3n) is 6.67. The van der Waals surface area contributed by atoms with E-state index in [2.05, 4.69) is 21.2 Å². The molecular formula is C29H24BrCl2N3O5S2. The Kier molecular flexibility index (Phi) is 8.98. The predicted molar refractivity (Wildman–Crippen MR) is 168 cm³/mol. The predicted octanol–water partition coefficient (Wildman–Crippen LogP) is 6.34. The van der Waals surface area contributed by atoms with Crippen LogP contribution < -0.4 is 9.62 Å². The molecule has 4 aromatic rings. The second-order valence-corrected chi connectivity index (χ2v) is 15.1. The molecule has 0 spiro atoms. The molecule has 1 amide bonds. The maximum atomic E-state index is 13.6. The summed E-state index contributed by atoms with van der Waals surface area (Å²) >= 11 is 15.3. The van der Waals surface area contributed by atoms with E-state index in [-0.39, 0.29) is 22.9 Å². The van der Waals surface area contributed by atoms with Crippen LogP contribution in [-0.2, 0) is 37.8 Å². The zero-order valence-electron chi connectivity index (χ0n) is 21.9. The lowest BCUT2D eigenvalue weighted by molar-refractivity contribution is -0.116. The lowest BCUT2D eigenvalue weighted by atomic mass is 10.1. The Morgan fingerprint density at radius 2 is 1.43 bits per heavy atom. The average Bonchev–Trinajstić information content (AvgIpc) is 3.38. The first-order valence-electron chi connectivity index (χ1n) is 12.6. The van der Waals surface area contributed by atoms with Crippen molar-refractivity contribution in [2.24, 2.45) is 0 Å². The number of rotatable bonds is 9. The molecule has 5 rings (SSSR count). The van der Waals surface area contributed by atoms with Crippen LogP contribution >= 0.6 is 39.1 Å². The molecule has 0 saturated carbocycles. The van der Waals surface area contributed by atoms with Gasteiger partial charge in [0.25, 0.3) is 10.0 Å². The number of hydrogen-bond acceptors (Lipinski definition) is 5. The second-order valence-electron chi connectivity index (χ2n) is 9.53. The van der Waals surface area contributed by atoms with E-state index in [1.165, 1.54) is 52.8 Å². The highest BCUT2D eigenvalue weighted by Crippen LogP contribution is 2.35. The van der Waals surface area contributed by atoms with E-state index in [1.807, 2.05) is 0 Å². The molecule has 0 unspecified atom stereocenters. The van der Waals surface area contributed by atoms with Crippen LogP contribution in [0.1, 0.15) is 11.1 Å². The molecule has 8 nitrogen and oxygen atoms in total. The number of anilines is 2. The van der Waals surface area contributed by atoms with Crippen LogP contribution in [0.4, 0.5) is 11.4 Å². The minimum Gasteiger partial charge on any atom is -0.325 e. The van der Waals surface area contributed by atoms with Crippen molar-refractivity contribution in [3.05, 3.63) is 117 Å². The zero-order chi connectivity index (χ0) is 30.1. The maximum absolute atomic E-state index is 13.6. The van der Waals surface area contributed by atoms with Gasteiger partial charge in [-0.2, -0.15) is 4.31 Å². The second kappa shape index (κ2) is 12.4. The molecule has 218 valence electrons. The summed E-state index contributed by atoms with van der Waals surface area (Å²) in [5, 5.41) is 3.54. The number of nitrogens with zero attached hydrogens (tertiary/aromatic N) is 2. The van der Waals surface area contributed by atoms with Gasteiger partial charge in [0.15, 0.2) is 0 Å². The van der Waals surface area contributed by atoms with E-state index in [4.69, 9.17) is 23.2 Å². The lowest BCUT2D eigenvalue weighted by Crippen LogP contribution is -2.37. The SMILES string of the molecule is O=C(CN(Cc1ccc(Br)cc1)S(=O)(=O)c1ccc(Cl)cc1)Nc1ccc2c(c1)N(S(=O)(=O)c1ccc(Cl)cc1)CC2. The van der Waals surface area contributed by atoms with E-state index in [0.29, 0.717) is 33.4 Å². The van der Waals surface area contributed by atoms with Crippen LogP contribution in [0.15, 0.2) is 105 Å². The number of carbonyl (C=O) groups excluding carboxylic acids is 1. The van der Waals surface area contributed by atoms with Crippen LogP contribution in [0.5, 0.6) is 0 Å². The van der Waals surface area contributed by atoms with Crippen molar-refractivity contribution in [1.82, 2.24) is 4.31 Å². The molecule has 0 atom stereocenters. The molecule has 0 aliphatic carbocycles. The van der Waals surface area contributed by atoms with Gasteiger partial charge in [-0.05, 0) is 90.3 Å². The molecule has 0 saturated heterocycles. The first-order chi connectivity index (χ1) is 19.9. The molecular weight excluding hydrogens is 685 g/mol. The summed E-state index contributed by atoms with van der Waals surface area (Å²) in [7, 11) is -7.94. The summed E-state index contributed by atoms with van der Waals surface area (Å²) < 4.78 is 57.1. The van der Waals surface area contributed by atoms with Crippen LogP contribution in [0.2, 0.25) is 10.0 Å². The van der Waals surface area contributed by atoms with Crippen LogP contribution in [0.3, 0.4) is 0 Å². The summed E-state index contributed by atoms with van der Waals surface area (Å²) in [5.41, 5.74) is 2.28. The number of amides is 1. The number of halogens is 3. The van der Waals surface area contributed by atoms with E-state index in [0.717, 1.165) is 14.3 Å². The number of hydrogen-bond donors (Lipinski definition) is 1. The monoisotopic (exact) mass is 707 g/mol. The Labute approximate surface area is 263 Å². The summed E-state index contributed by atoms with van der Waals surface area (Å²) in [6.45, 7) is -0.286. The summed E-state index contributed by atoms with van der Waals surface area (Å²) in [4.78, 5) is 13.3. The Hall–Kier alpha value is -2.93. The third kappa shape index (κ3) is 6.66. The van der Waals surface area contributed by atoms with E-state index >= 15 is 0 Å². The molecule has 13 heteroatoms. The largest absolute Gasteiger partial charge is 0.325 e. The van der Waals surface area contributed by atoms with E-state index in [9.17, 15) is 21.6 Å². The number of nitrogens with one attached hydrogen (secondary N) is 1. The van der Waals surface area contributed by atoms with Gasteiger partial charge >= 0.3 is 0 Å². The highest BCUT2D eigenvalue weighted by Gasteiger charge is 2.32. The summed E-state index contributed by atoms with van der Waals surface area (Å²) in [6, 6.07) is 23.8. The first kappa shape index (κ1) is 30.5. The topological polar surface area (TPSA) is 104 Å². The Morgan fingerprint density at radius 1 is 0.833 bits per heavy atom. The molecule has 0 bridgehead atoms. The standard InChI is InChI=1S/C29H24BrCl2N3O5S2/c30-22-4-1-20(2-5-22)18-34(41(37,38)26-11-6-23(31)7-12-26)19-29(36)33-25-10-3-21-15-16-35(28(21)17-25)42(39,40)27-13-8-24(32)9-14-27/h1-14,17H,15-16,18-19H2,(H,33,36). The summed E-state index contributed by atoms with van der Waals surface area (Å²) in [5.74, 6) is -0.588. The van der Waals surface area contributed by atoms with Crippen molar-refractivity contribution in [2.75, 3.05) is 22.7 Å². The number of benzene rings is 4. The van der Waals surface area contributed by atoms with Gasteiger partial charge in [0, 0.05) is 33.3 Å². The smallest absolute Gasteiger partial charge is 0.264 e. The Morgan fingerprint density at radius 3 is 2.05 bits per heavy atom. The van der Waals surface area contributed by atoms with E-state index < -0.39 is 32.5 Å². The Balaban J connectivity index is 1.39. The van der Waals surface area contributed by atoms with Gasteiger partial charge in [0.1, 0.15) is 0 Å². The number of carbonyl (C=O) groups is 1. The van der Waals surface area contributed by atoms with Crippen molar-refractivity contribution in [1.29, 1.82) is 0 Å². The van der Waals surface area contributed by atoms with Gasteiger partial charge in [-0.1, -0.05) is 57.3 Å². The van der Waals surface area contributed by atoms with Gasteiger partial charge in [0.05, 0.1) is 22.0 Å². The number of sulfonamides is 2. The van der Waals surface area contributed by atoms with E-state index in [1.54, 1.807) is 42.5 Å². The average molecular weight is 709 g/mol. The summed E-state index contributed by atoms with van der Waals surface area (Å²) in [6.07, 6.45) is 0.511. The van der Waals surface area contributed by atoms with Crippen LogP contribution in [-0.4, -0.2) is 40.1 Å². The van der Waals surface area contributed by atoms with Crippen molar-refractivity contribution in [3.8, 4) is 0 Å². The van der Waals surface area contributed by atoms with Gasteiger partial charge in [0.2, 0.25) is 15.9 Å². The van der Waals surface area contributed by atoms with Crippen LogP contribution in [0, 0.1) is 0 Å². The number of fused-ring (bicyclic) bond motifs is 1. The Bertz CT molecular complexity index is 1840. The van der Waals surface area contributed by atoms with Crippen molar-refractivity contribution in [2.45, 2.75) is 22.8 Å². The third-order valence-corrected chi connectivity index (χ3v) is 11.3. The highest BCUT2D eigenvalue weighted by molar-refractivity contribution is 9.10. The first-order valence-corrected chi connectivity index (χ1v) is 17.1. The molecule has 0 fully saturated rings. The maximum Gasteiger partial charge on any atom is 0.264 e. The van der Waals surface area contributed by atoms with Gasteiger partial charge < -0.3 is 5.32 Å². The molecule has 1 heterocycles. The fraction of sp³-hybridized carbons (Fsp3) is 0.138. The van der Waals surface area contributed by atoms with Gasteiger partial charge in [-0.15, -0.1) is 0 Å². The molecule has 4 aromatic carbocycles. The van der Waals surface area contributed by atoms with Crippen LogP contribution in [0.25, 0.3) is 0 Å². The highest BCUT2D eigenvalue weighted by atomic mass is 79.9. The fourth-order valence-corrected chi connectivity index (χ4v) is 7.94. The molecule has 1 aliphatic heterocycles. The molecule has 42 heavy (non-hydrogen) atoms. The normalized spacial score (nSPS) is 13.3. The minimum atomic E-state index is -4.08. The molecule has 1 aliphatic rings. The molecule has 0 radical (unpaired) electrons. The quantitative estimate of drug-likeness (QED) is 0.219. The molecule has 1 N–H and O–H groups in total. The van der Waals surface area contributed by atoms with Gasteiger partial charge in [-0.3, -0.25) is 9.10 Å². The van der Waals surface area contributed by atoms with Crippen molar-refractivity contribution in [3.63, 3.8) is 0 Å². The molecule has 0 aromatic heterocycles. The van der Waals surface area contributed by atoms with Crippen molar-refractivity contribution >= 4 is 76.5 Å². The van der Waals surface area contributed by atoms with Crippen molar-refractivity contribution < 1.29 is 21.6 Å². The fourth-order valence-electron chi connectivity index (χ4n) is 4.55. The zero-order valence-corrected chi connectivity index (χ0v) is 26.6. The van der Waals surface area contributed by atoms with Gasteiger partial charge in [-0.25, -0.2) is 16.8 Å².